The number of nitro groups is 1. The average molecular weight is 451 g/mol. The van der Waals surface area contributed by atoms with E-state index in [1.54, 1.807) is 24.3 Å². The molecule has 0 radical (unpaired) electrons. The summed E-state index contributed by atoms with van der Waals surface area (Å²) in [6.45, 7) is -0.0352. The fourth-order valence-electron chi connectivity index (χ4n) is 3.86. The molecule has 2 heterocycles. The minimum absolute atomic E-state index is 0.0298. The van der Waals surface area contributed by atoms with Crippen molar-refractivity contribution in [3.05, 3.63) is 97.8 Å². The van der Waals surface area contributed by atoms with Crippen molar-refractivity contribution in [2.45, 2.75) is 13.2 Å². The first-order valence-electron chi connectivity index (χ1n) is 9.88. The summed E-state index contributed by atoms with van der Waals surface area (Å²) in [6.07, 6.45) is 0. The number of fused-ring (bicyclic) bond motifs is 2. The molecule has 0 fully saturated rings. The minimum Gasteiger partial charge on any atom is -0.467 e. The van der Waals surface area contributed by atoms with Crippen molar-refractivity contribution in [1.29, 1.82) is 0 Å². The van der Waals surface area contributed by atoms with Crippen molar-refractivity contribution >= 4 is 16.5 Å². The Labute approximate surface area is 184 Å². The quantitative estimate of drug-likeness (QED) is 0.341. The highest BCUT2D eigenvalue weighted by Gasteiger charge is 2.22. The fraction of sp³-hybridized carbons (Fsp3) is 0.130. The summed E-state index contributed by atoms with van der Waals surface area (Å²) >= 11 is 0. The number of benzene rings is 3. The van der Waals surface area contributed by atoms with Gasteiger partial charge in [0.1, 0.15) is 5.75 Å². The summed E-state index contributed by atoms with van der Waals surface area (Å²) in [5.74, 6) is -1.65. The Balaban J connectivity index is 1.71. The summed E-state index contributed by atoms with van der Waals surface area (Å²) in [6, 6.07) is 12.7. The molecule has 0 saturated carbocycles. The molecular formula is C23H15F2N3O5. The maximum absolute atomic E-state index is 13.9. The average Bonchev–Trinajstić information content (AvgIpc) is 2.82. The molecule has 33 heavy (non-hydrogen) atoms. The van der Waals surface area contributed by atoms with Crippen LogP contribution in [-0.4, -0.2) is 21.5 Å². The predicted molar refractivity (Wildman–Crippen MR) is 114 cm³/mol. The molecule has 10 heteroatoms. The van der Waals surface area contributed by atoms with Crippen molar-refractivity contribution in [3.8, 4) is 17.0 Å². The van der Waals surface area contributed by atoms with Gasteiger partial charge < -0.3 is 9.47 Å². The molecule has 8 nitrogen and oxygen atoms in total. The number of nitrogens with zero attached hydrogens (tertiary/aromatic N) is 3. The maximum atomic E-state index is 13.9. The zero-order valence-corrected chi connectivity index (χ0v) is 17.0. The number of rotatable bonds is 4. The van der Waals surface area contributed by atoms with Crippen LogP contribution in [0.4, 0.5) is 14.5 Å². The van der Waals surface area contributed by atoms with E-state index in [0.29, 0.717) is 27.6 Å². The van der Waals surface area contributed by atoms with Crippen LogP contribution in [0, 0.1) is 21.7 Å². The van der Waals surface area contributed by atoms with Crippen LogP contribution in [-0.2, 0) is 17.9 Å². The molecule has 0 aliphatic carbocycles. The first-order chi connectivity index (χ1) is 15.9. The van der Waals surface area contributed by atoms with Crippen LogP contribution in [0.5, 0.6) is 5.75 Å². The topological polar surface area (TPSA) is 96.5 Å². The summed E-state index contributed by atoms with van der Waals surface area (Å²) in [7, 11) is 0. The van der Waals surface area contributed by atoms with Gasteiger partial charge in [-0.25, -0.2) is 13.5 Å². The van der Waals surface area contributed by atoms with Crippen LogP contribution in [0.25, 0.3) is 22.0 Å². The van der Waals surface area contributed by atoms with Crippen LogP contribution in [0.15, 0.2) is 59.4 Å². The van der Waals surface area contributed by atoms with Crippen LogP contribution in [0.1, 0.15) is 11.1 Å². The third-order valence-corrected chi connectivity index (χ3v) is 5.36. The van der Waals surface area contributed by atoms with Gasteiger partial charge in [0.05, 0.1) is 29.2 Å². The van der Waals surface area contributed by atoms with E-state index >= 15 is 0 Å². The molecule has 0 spiro atoms. The molecule has 1 aromatic heterocycles. The molecule has 0 N–H and O–H groups in total. The number of halogens is 2. The highest BCUT2D eigenvalue weighted by molar-refractivity contribution is 5.93. The van der Waals surface area contributed by atoms with E-state index in [1.807, 2.05) is 0 Å². The SMILES string of the molecule is O=c1c2ccccc2c(-c2ccc(F)c(F)c2)nn1Cc1cc([N+](=O)[O-])cc2c1OCOC2. The second-order valence-corrected chi connectivity index (χ2v) is 7.45. The number of ether oxygens (including phenoxy) is 2. The first kappa shape index (κ1) is 20.7. The van der Waals surface area contributed by atoms with Gasteiger partial charge in [0.25, 0.3) is 11.2 Å². The zero-order chi connectivity index (χ0) is 23.1. The van der Waals surface area contributed by atoms with Crippen molar-refractivity contribution in [3.63, 3.8) is 0 Å². The Morgan fingerprint density at radius 3 is 2.61 bits per heavy atom. The van der Waals surface area contributed by atoms with E-state index in [9.17, 15) is 23.7 Å². The first-order valence-corrected chi connectivity index (χ1v) is 9.88. The number of non-ortho nitro benzene ring substituents is 1. The van der Waals surface area contributed by atoms with Gasteiger partial charge in [-0.2, -0.15) is 5.10 Å². The van der Waals surface area contributed by atoms with Gasteiger partial charge in [0.2, 0.25) is 0 Å². The van der Waals surface area contributed by atoms with E-state index < -0.39 is 22.1 Å². The van der Waals surface area contributed by atoms with Crippen molar-refractivity contribution in [1.82, 2.24) is 9.78 Å². The Morgan fingerprint density at radius 2 is 1.85 bits per heavy atom. The summed E-state index contributed by atoms with van der Waals surface area (Å²) in [5.41, 5.74) is 0.803. The second kappa shape index (κ2) is 8.06. The fourth-order valence-corrected chi connectivity index (χ4v) is 3.86. The van der Waals surface area contributed by atoms with Crippen LogP contribution >= 0.6 is 0 Å². The van der Waals surface area contributed by atoms with Crippen LogP contribution in [0.3, 0.4) is 0 Å². The molecule has 3 aromatic carbocycles. The van der Waals surface area contributed by atoms with Gasteiger partial charge in [-0.05, 0) is 24.3 Å². The molecule has 0 amide bonds. The summed E-state index contributed by atoms with van der Waals surface area (Å²) < 4.78 is 39.3. The molecular weight excluding hydrogens is 436 g/mol. The minimum atomic E-state index is -1.04. The van der Waals surface area contributed by atoms with Gasteiger partial charge in [-0.1, -0.05) is 18.2 Å². The van der Waals surface area contributed by atoms with Crippen molar-refractivity contribution < 1.29 is 23.2 Å². The van der Waals surface area contributed by atoms with Gasteiger partial charge in [-0.3, -0.25) is 14.9 Å². The summed E-state index contributed by atoms with van der Waals surface area (Å²) in [5, 5.41) is 16.6. The molecule has 4 aromatic rings. The zero-order valence-electron chi connectivity index (χ0n) is 17.0. The Morgan fingerprint density at radius 1 is 1.06 bits per heavy atom. The number of hydrogen-bond donors (Lipinski definition) is 0. The summed E-state index contributed by atoms with van der Waals surface area (Å²) in [4.78, 5) is 24.1. The lowest BCUT2D eigenvalue weighted by atomic mass is 10.0. The molecule has 0 atom stereocenters. The van der Waals surface area contributed by atoms with Crippen molar-refractivity contribution in [2.24, 2.45) is 0 Å². The molecule has 1 aliphatic rings. The van der Waals surface area contributed by atoms with E-state index in [1.165, 1.54) is 18.2 Å². The third kappa shape index (κ3) is 3.70. The highest BCUT2D eigenvalue weighted by atomic mass is 19.2. The van der Waals surface area contributed by atoms with Crippen LogP contribution < -0.4 is 10.3 Å². The van der Waals surface area contributed by atoms with Crippen LogP contribution in [0.2, 0.25) is 0 Å². The Hall–Kier alpha value is -4.18. The standard InChI is InChI=1S/C23H15F2N3O5/c24-19-6-5-13(9-20(19)25)21-17-3-1-2-4-18(17)23(29)27(26-21)10-14-7-16(28(30)31)8-15-11-32-12-33-22(14)15/h1-9H,10-12H2. The van der Waals surface area contributed by atoms with Gasteiger partial charge in [-0.15, -0.1) is 0 Å². The molecule has 0 saturated heterocycles. The normalized spacial score (nSPS) is 12.9. The van der Waals surface area contributed by atoms with Crippen molar-refractivity contribution in [2.75, 3.05) is 6.79 Å². The number of nitro benzene ring substituents is 1. The lowest BCUT2D eigenvalue weighted by molar-refractivity contribution is -0.385. The van der Waals surface area contributed by atoms with Gasteiger partial charge in [0.15, 0.2) is 18.4 Å². The molecule has 0 unspecified atom stereocenters. The maximum Gasteiger partial charge on any atom is 0.274 e. The molecule has 5 rings (SSSR count). The molecule has 0 bridgehead atoms. The predicted octanol–water partition coefficient (Wildman–Crippen LogP) is 4.16. The Bertz CT molecular complexity index is 1490. The van der Waals surface area contributed by atoms with E-state index in [0.717, 1.165) is 16.8 Å². The van der Waals surface area contributed by atoms with Gasteiger partial charge in [0, 0.05) is 34.2 Å². The van der Waals surface area contributed by atoms with E-state index in [2.05, 4.69) is 5.10 Å². The third-order valence-electron chi connectivity index (χ3n) is 5.36. The van der Waals surface area contributed by atoms with Gasteiger partial charge >= 0.3 is 0 Å². The molecule has 166 valence electrons. The Kier molecular flexibility index (Phi) is 5.06. The molecule has 1 aliphatic heterocycles. The van der Waals surface area contributed by atoms with E-state index in [-0.39, 0.29) is 36.9 Å². The number of hydrogen-bond acceptors (Lipinski definition) is 6. The number of aromatic nitrogens is 2. The smallest absolute Gasteiger partial charge is 0.274 e. The lowest BCUT2D eigenvalue weighted by Crippen LogP contribution is -2.25. The largest absolute Gasteiger partial charge is 0.467 e. The lowest BCUT2D eigenvalue weighted by Gasteiger charge is -2.21. The highest BCUT2D eigenvalue weighted by Crippen LogP contribution is 2.33. The monoisotopic (exact) mass is 451 g/mol. The second-order valence-electron chi connectivity index (χ2n) is 7.45. The van der Waals surface area contributed by atoms with E-state index in [4.69, 9.17) is 9.47 Å².